The molecule has 0 unspecified atom stereocenters. The van der Waals surface area contributed by atoms with Crippen molar-refractivity contribution >= 4 is 54.4 Å². The number of nitrogens with zero attached hydrogens (tertiary/aromatic N) is 4. The highest BCUT2D eigenvalue weighted by molar-refractivity contribution is 6.24. The van der Waals surface area contributed by atoms with Crippen LogP contribution in [0.3, 0.4) is 0 Å². The fourth-order valence-electron chi connectivity index (χ4n) is 10.2. The summed E-state index contributed by atoms with van der Waals surface area (Å²) in [7, 11) is 0. The van der Waals surface area contributed by atoms with Crippen molar-refractivity contribution in [1.82, 2.24) is 19.1 Å². The SMILES string of the molecule is c1ccc(-c2c(-c3ccccc3)n(-c3ccccc3)c3ccc4c5cc(-c6nc(-c7ccc(-c8cccc9ccccc89)cc7)c7ccccc7n6)ccc5n(-c5ccccc5)c4c23)cc1. The van der Waals surface area contributed by atoms with E-state index in [-0.39, 0.29) is 0 Å². The van der Waals surface area contributed by atoms with Crippen molar-refractivity contribution in [3.63, 3.8) is 0 Å². The molecule has 13 rings (SSSR count). The van der Waals surface area contributed by atoms with Gasteiger partial charge in [-0.2, -0.15) is 0 Å². The Morgan fingerprint density at radius 1 is 0.333 bits per heavy atom. The number of fused-ring (bicyclic) bond motifs is 7. The van der Waals surface area contributed by atoms with Crippen molar-refractivity contribution in [1.29, 1.82) is 0 Å². The molecule has 0 bridgehead atoms. The van der Waals surface area contributed by atoms with Crippen molar-refractivity contribution in [2.45, 2.75) is 0 Å². The number of hydrogen-bond acceptors (Lipinski definition) is 2. The Kier molecular flexibility index (Phi) is 8.81. The summed E-state index contributed by atoms with van der Waals surface area (Å²) in [6.45, 7) is 0. The standard InChI is InChI=1S/C62H40N4/c1-5-19-43(20-6-1)57-58-56(66(48-26-11-4-12-27-48)60(57)45-21-7-2-8-22-45)39-37-51-53-40-46(36-38-55(53)65(61(51)58)47-24-9-3-10-25-47)62-63-54-31-16-15-29-52(54)59(64-62)44-34-32-42(33-35-44)50-30-17-23-41-18-13-14-28-49(41)50/h1-40H. The molecule has 66 heavy (non-hydrogen) atoms. The van der Waals surface area contributed by atoms with Gasteiger partial charge in [0, 0.05) is 49.6 Å². The number of rotatable bonds is 7. The van der Waals surface area contributed by atoms with Crippen LogP contribution in [0.25, 0.3) is 122 Å². The second kappa shape index (κ2) is 15.4. The highest BCUT2D eigenvalue weighted by atomic mass is 15.0. The third kappa shape index (κ3) is 6.07. The maximum atomic E-state index is 5.41. The first-order valence-electron chi connectivity index (χ1n) is 22.5. The molecule has 0 aliphatic rings. The van der Waals surface area contributed by atoms with Crippen LogP contribution in [-0.2, 0) is 0 Å². The molecule has 0 aliphatic heterocycles. The number of aromatic nitrogens is 4. The molecule has 0 atom stereocenters. The van der Waals surface area contributed by atoms with Crippen molar-refractivity contribution < 1.29 is 0 Å². The highest BCUT2D eigenvalue weighted by Gasteiger charge is 2.26. The third-order valence-electron chi connectivity index (χ3n) is 13.1. The van der Waals surface area contributed by atoms with Gasteiger partial charge in [-0.15, -0.1) is 0 Å². The van der Waals surface area contributed by atoms with E-state index in [0.29, 0.717) is 5.82 Å². The smallest absolute Gasteiger partial charge is 0.160 e. The molecule has 10 aromatic carbocycles. The second-order valence-corrected chi connectivity index (χ2v) is 16.9. The Morgan fingerprint density at radius 3 is 1.65 bits per heavy atom. The maximum absolute atomic E-state index is 5.41. The lowest BCUT2D eigenvalue weighted by atomic mass is 9.96. The van der Waals surface area contributed by atoms with Gasteiger partial charge in [0.25, 0.3) is 0 Å². The van der Waals surface area contributed by atoms with E-state index in [1.807, 2.05) is 0 Å². The van der Waals surface area contributed by atoms with Crippen LogP contribution in [0.1, 0.15) is 0 Å². The summed E-state index contributed by atoms with van der Waals surface area (Å²) >= 11 is 0. The molecular formula is C62H40N4. The van der Waals surface area contributed by atoms with Gasteiger partial charge in [0.1, 0.15) is 0 Å². The first-order valence-corrected chi connectivity index (χ1v) is 22.5. The topological polar surface area (TPSA) is 35.6 Å². The molecular weight excluding hydrogens is 801 g/mol. The van der Waals surface area contributed by atoms with Gasteiger partial charge in [0.05, 0.1) is 33.5 Å². The van der Waals surface area contributed by atoms with Crippen LogP contribution >= 0.6 is 0 Å². The molecule has 4 heteroatoms. The molecule has 0 N–H and O–H groups in total. The third-order valence-corrected chi connectivity index (χ3v) is 13.1. The Hall–Kier alpha value is -8.86. The normalized spacial score (nSPS) is 11.6. The molecule has 0 spiro atoms. The minimum absolute atomic E-state index is 0.692. The summed E-state index contributed by atoms with van der Waals surface area (Å²) in [6.07, 6.45) is 0. The molecule has 308 valence electrons. The van der Waals surface area contributed by atoms with Crippen molar-refractivity contribution in [2.24, 2.45) is 0 Å². The average Bonchev–Trinajstić information content (AvgIpc) is 3.92. The van der Waals surface area contributed by atoms with Gasteiger partial charge in [-0.05, 0) is 87.6 Å². The van der Waals surface area contributed by atoms with E-state index in [9.17, 15) is 0 Å². The lowest BCUT2D eigenvalue weighted by Gasteiger charge is -2.13. The summed E-state index contributed by atoms with van der Waals surface area (Å²) < 4.78 is 4.90. The van der Waals surface area contributed by atoms with E-state index < -0.39 is 0 Å². The van der Waals surface area contributed by atoms with E-state index in [0.717, 1.165) is 83.2 Å². The number of para-hydroxylation sites is 3. The van der Waals surface area contributed by atoms with Gasteiger partial charge in [0.2, 0.25) is 0 Å². The largest absolute Gasteiger partial charge is 0.309 e. The van der Waals surface area contributed by atoms with Crippen LogP contribution in [0.4, 0.5) is 0 Å². The number of benzene rings is 10. The Labute approximate surface area is 382 Å². The quantitative estimate of drug-likeness (QED) is 0.160. The summed E-state index contributed by atoms with van der Waals surface area (Å²) in [4.78, 5) is 10.7. The van der Waals surface area contributed by atoms with E-state index in [1.165, 1.54) is 32.8 Å². The van der Waals surface area contributed by atoms with E-state index in [4.69, 9.17) is 9.97 Å². The van der Waals surface area contributed by atoms with Crippen LogP contribution in [0.5, 0.6) is 0 Å². The zero-order valence-electron chi connectivity index (χ0n) is 35.9. The van der Waals surface area contributed by atoms with Gasteiger partial charge in [-0.3, -0.25) is 0 Å². The van der Waals surface area contributed by atoms with Crippen molar-refractivity contribution in [2.75, 3.05) is 0 Å². The molecule has 0 aliphatic carbocycles. The zero-order valence-corrected chi connectivity index (χ0v) is 35.9. The molecule has 3 heterocycles. The molecule has 0 fully saturated rings. The Balaban J connectivity index is 1.06. The summed E-state index contributed by atoms with van der Waals surface area (Å²) in [5.74, 6) is 0.692. The Bertz CT molecular complexity index is 3940. The van der Waals surface area contributed by atoms with Crippen molar-refractivity contribution in [3.8, 4) is 67.5 Å². The van der Waals surface area contributed by atoms with E-state index >= 15 is 0 Å². The highest BCUT2D eigenvalue weighted by Crippen LogP contribution is 2.48. The van der Waals surface area contributed by atoms with Crippen LogP contribution < -0.4 is 0 Å². The first kappa shape index (κ1) is 37.7. The van der Waals surface area contributed by atoms with E-state index in [2.05, 4.69) is 252 Å². The number of hydrogen-bond donors (Lipinski definition) is 0. The molecule has 0 amide bonds. The fraction of sp³-hybridized carbons (Fsp3) is 0. The lowest BCUT2D eigenvalue weighted by Crippen LogP contribution is -1.97. The van der Waals surface area contributed by atoms with Crippen LogP contribution in [-0.4, -0.2) is 19.1 Å². The lowest BCUT2D eigenvalue weighted by molar-refractivity contribution is 1.13. The van der Waals surface area contributed by atoms with Gasteiger partial charge in [0.15, 0.2) is 5.82 Å². The summed E-state index contributed by atoms with van der Waals surface area (Å²) in [5.41, 5.74) is 16.5. The van der Waals surface area contributed by atoms with Gasteiger partial charge >= 0.3 is 0 Å². The molecule has 0 saturated carbocycles. The van der Waals surface area contributed by atoms with Crippen LogP contribution in [0, 0.1) is 0 Å². The van der Waals surface area contributed by atoms with Crippen LogP contribution in [0.15, 0.2) is 243 Å². The maximum Gasteiger partial charge on any atom is 0.160 e. The van der Waals surface area contributed by atoms with Gasteiger partial charge in [-0.25, -0.2) is 9.97 Å². The summed E-state index contributed by atoms with van der Waals surface area (Å²) in [5, 5.41) is 6.99. The average molecular weight is 841 g/mol. The van der Waals surface area contributed by atoms with E-state index in [1.54, 1.807) is 0 Å². The van der Waals surface area contributed by atoms with Gasteiger partial charge < -0.3 is 9.13 Å². The molecule has 3 aromatic heterocycles. The van der Waals surface area contributed by atoms with Gasteiger partial charge in [-0.1, -0.05) is 188 Å². The molecule has 0 radical (unpaired) electrons. The van der Waals surface area contributed by atoms with Crippen LogP contribution in [0.2, 0.25) is 0 Å². The predicted molar refractivity (Wildman–Crippen MR) is 275 cm³/mol. The second-order valence-electron chi connectivity index (χ2n) is 16.9. The minimum atomic E-state index is 0.692. The summed E-state index contributed by atoms with van der Waals surface area (Å²) in [6, 6.07) is 86.9. The molecule has 4 nitrogen and oxygen atoms in total. The zero-order chi connectivity index (χ0) is 43.6. The fourth-order valence-corrected chi connectivity index (χ4v) is 10.2. The van der Waals surface area contributed by atoms with Crippen molar-refractivity contribution in [3.05, 3.63) is 243 Å². The Morgan fingerprint density at radius 2 is 0.909 bits per heavy atom. The minimum Gasteiger partial charge on any atom is -0.309 e. The predicted octanol–water partition coefficient (Wildman–Crippen LogP) is 16.2. The molecule has 0 saturated heterocycles. The first-order chi connectivity index (χ1) is 32.8. The molecule has 13 aromatic rings. The monoisotopic (exact) mass is 840 g/mol.